The topological polar surface area (TPSA) is 29.3 Å². The maximum absolute atomic E-state index is 6.20. The molecule has 0 radical (unpaired) electrons. The summed E-state index contributed by atoms with van der Waals surface area (Å²) in [6.45, 7) is 8.26. The zero-order valence-electron chi connectivity index (χ0n) is 11.8. The highest BCUT2D eigenvalue weighted by atomic mass is 15.2. The van der Waals surface area contributed by atoms with Gasteiger partial charge in [0.15, 0.2) is 0 Å². The van der Waals surface area contributed by atoms with Crippen molar-refractivity contribution in [3.8, 4) is 0 Å². The molecule has 17 heavy (non-hydrogen) atoms. The van der Waals surface area contributed by atoms with Crippen LogP contribution in [0.3, 0.4) is 0 Å². The van der Waals surface area contributed by atoms with Crippen LogP contribution in [0.5, 0.6) is 0 Å². The first-order valence-electron chi connectivity index (χ1n) is 7.64. The van der Waals surface area contributed by atoms with E-state index in [0.717, 1.165) is 18.4 Å². The van der Waals surface area contributed by atoms with Crippen molar-refractivity contribution >= 4 is 0 Å². The summed E-state index contributed by atoms with van der Waals surface area (Å²) >= 11 is 0. The predicted octanol–water partition coefficient (Wildman–Crippen LogP) is 3.02. The average molecular weight is 238 g/mol. The van der Waals surface area contributed by atoms with Crippen molar-refractivity contribution < 1.29 is 0 Å². The van der Waals surface area contributed by atoms with Crippen LogP contribution in [0.1, 0.15) is 58.8 Å². The van der Waals surface area contributed by atoms with Crippen molar-refractivity contribution in [1.29, 1.82) is 0 Å². The fraction of sp³-hybridized carbons (Fsp3) is 1.00. The molecule has 2 nitrogen and oxygen atoms in total. The van der Waals surface area contributed by atoms with Gasteiger partial charge in [0.1, 0.15) is 0 Å². The van der Waals surface area contributed by atoms with E-state index in [9.17, 15) is 0 Å². The molecule has 0 aromatic carbocycles. The molecule has 2 fully saturated rings. The minimum atomic E-state index is 0.336. The van der Waals surface area contributed by atoms with E-state index < -0.39 is 0 Å². The van der Waals surface area contributed by atoms with Gasteiger partial charge in [0.25, 0.3) is 0 Å². The fourth-order valence-corrected chi connectivity index (χ4v) is 4.01. The SMILES string of the molecule is CC1CCCN(C2(CN)CCCCC2C)CC1. The highest BCUT2D eigenvalue weighted by Crippen LogP contribution is 2.39. The monoisotopic (exact) mass is 238 g/mol. The van der Waals surface area contributed by atoms with Crippen LogP contribution in [-0.2, 0) is 0 Å². The summed E-state index contributed by atoms with van der Waals surface area (Å²) in [6.07, 6.45) is 9.65. The standard InChI is InChI=1S/C15H30N2/c1-13-6-5-10-17(11-8-13)15(12-16)9-4-3-7-14(15)2/h13-14H,3-12,16H2,1-2H3. The number of rotatable bonds is 2. The van der Waals surface area contributed by atoms with Gasteiger partial charge in [-0.15, -0.1) is 0 Å². The van der Waals surface area contributed by atoms with Crippen LogP contribution in [0.25, 0.3) is 0 Å². The van der Waals surface area contributed by atoms with Crippen LogP contribution >= 0.6 is 0 Å². The highest BCUT2D eigenvalue weighted by molar-refractivity contribution is 4.98. The first-order valence-corrected chi connectivity index (χ1v) is 7.64. The lowest BCUT2D eigenvalue weighted by Gasteiger charge is -2.50. The van der Waals surface area contributed by atoms with Crippen molar-refractivity contribution in [1.82, 2.24) is 4.90 Å². The number of hydrogen-bond donors (Lipinski definition) is 1. The maximum atomic E-state index is 6.20. The molecule has 2 rings (SSSR count). The summed E-state index contributed by atoms with van der Waals surface area (Å²) in [5.74, 6) is 1.70. The lowest BCUT2D eigenvalue weighted by atomic mass is 9.72. The van der Waals surface area contributed by atoms with Crippen LogP contribution in [0.15, 0.2) is 0 Å². The minimum Gasteiger partial charge on any atom is -0.329 e. The third-order valence-corrected chi connectivity index (χ3v) is 5.41. The Bertz CT molecular complexity index is 241. The molecular formula is C15H30N2. The Morgan fingerprint density at radius 1 is 1.06 bits per heavy atom. The number of likely N-dealkylation sites (tertiary alicyclic amines) is 1. The molecule has 1 saturated heterocycles. The minimum absolute atomic E-state index is 0.336. The van der Waals surface area contributed by atoms with Crippen LogP contribution in [-0.4, -0.2) is 30.1 Å². The van der Waals surface area contributed by atoms with Gasteiger partial charge in [-0.05, 0) is 57.0 Å². The summed E-state index contributed by atoms with van der Waals surface area (Å²) in [5, 5.41) is 0. The maximum Gasteiger partial charge on any atom is 0.0357 e. The highest BCUT2D eigenvalue weighted by Gasteiger charge is 2.42. The fourth-order valence-electron chi connectivity index (χ4n) is 4.01. The van der Waals surface area contributed by atoms with Crippen molar-refractivity contribution in [2.24, 2.45) is 17.6 Å². The van der Waals surface area contributed by atoms with Crippen molar-refractivity contribution in [3.05, 3.63) is 0 Å². The van der Waals surface area contributed by atoms with E-state index >= 15 is 0 Å². The molecule has 1 aliphatic carbocycles. The average Bonchev–Trinajstić information content (AvgIpc) is 2.55. The molecule has 2 N–H and O–H groups in total. The van der Waals surface area contributed by atoms with Gasteiger partial charge in [0.05, 0.1) is 0 Å². The molecule has 1 heterocycles. The second kappa shape index (κ2) is 5.71. The van der Waals surface area contributed by atoms with Crippen LogP contribution in [0.2, 0.25) is 0 Å². The summed E-state index contributed by atoms with van der Waals surface area (Å²) in [7, 11) is 0. The van der Waals surface area contributed by atoms with Gasteiger partial charge < -0.3 is 5.73 Å². The van der Waals surface area contributed by atoms with Gasteiger partial charge in [-0.2, -0.15) is 0 Å². The number of nitrogens with two attached hydrogens (primary N) is 1. The van der Waals surface area contributed by atoms with Gasteiger partial charge in [-0.25, -0.2) is 0 Å². The first-order chi connectivity index (χ1) is 8.19. The van der Waals surface area contributed by atoms with Gasteiger partial charge >= 0.3 is 0 Å². The van der Waals surface area contributed by atoms with E-state index in [0.29, 0.717) is 5.54 Å². The summed E-state index contributed by atoms with van der Waals surface area (Å²) in [4.78, 5) is 2.76. The summed E-state index contributed by atoms with van der Waals surface area (Å²) < 4.78 is 0. The molecule has 1 saturated carbocycles. The number of nitrogens with zero attached hydrogens (tertiary/aromatic N) is 1. The van der Waals surface area contributed by atoms with E-state index in [-0.39, 0.29) is 0 Å². The van der Waals surface area contributed by atoms with E-state index in [1.165, 1.54) is 58.0 Å². The Hall–Kier alpha value is -0.0800. The molecule has 1 aliphatic heterocycles. The number of hydrogen-bond acceptors (Lipinski definition) is 2. The Balaban J connectivity index is 2.10. The molecule has 3 atom stereocenters. The van der Waals surface area contributed by atoms with Gasteiger partial charge in [0.2, 0.25) is 0 Å². The first kappa shape index (κ1) is 13.4. The Labute approximate surface area is 107 Å². The Kier molecular flexibility index (Phi) is 4.48. The Morgan fingerprint density at radius 3 is 2.59 bits per heavy atom. The van der Waals surface area contributed by atoms with Gasteiger partial charge in [0, 0.05) is 12.1 Å². The summed E-state index contributed by atoms with van der Waals surface area (Å²) in [6, 6.07) is 0. The van der Waals surface area contributed by atoms with Crippen LogP contribution in [0, 0.1) is 11.8 Å². The zero-order chi connectivity index (χ0) is 12.3. The van der Waals surface area contributed by atoms with Crippen molar-refractivity contribution in [2.75, 3.05) is 19.6 Å². The smallest absolute Gasteiger partial charge is 0.0357 e. The van der Waals surface area contributed by atoms with Gasteiger partial charge in [-0.3, -0.25) is 4.90 Å². The quantitative estimate of drug-likeness (QED) is 0.801. The lowest BCUT2D eigenvalue weighted by Crippen LogP contribution is -2.59. The molecule has 100 valence electrons. The zero-order valence-corrected chi connectivity index (χ0v) is 11.8. The van der Waals surface area contributed by atoms with E-state index in [1.54, 1.807) is 0 Å². The molecular weight excluding hydrogens is 208 g/mol. The molecule has 3 unspecified atom stereocenters. The largest absolute Gasteiger partial charge is 0.329 e. The summed E-state index contributed by atoms with van der Waals surface area (Å²) in [5.41, 5.74) is 6.54. The molecule has 0 spiro atoms. The lowest BCUT2D eigenvalue weighted by molar-refractivity contribution is 0.0150. The molecule has 0 amide bonds. The molecule has 0 bridgehead atoms. The van der Waals surface area contributed by atoms with E-state index in [1.807, 2.05) is 0 Å². The van der Waals surface area contributed by atoms with Crippen LogP contribution < -0.4 is 5.73 Å². The molecule has 0 aromatic rings. The predicted molar refractivity (Wildman–Crippen MR) is 74.0 cm³/mol. The normalized spacial score (nSPS) is 41.1. The second-order valence-electron chi connectivity index (χ2n) is 6.48. The van der Waals surface area contributed by atoms with Gasteiger partial charge in [-0.1, -0.05) is 26.7 Å². The second-order valence-corrected chi connectivity index (χ2v) is 6.48. The van der Waals surface area contributed by atoms with Crippen LogP contribution in [0.4, 0.5) is 0 Å². The third kappa shape index (κ3) is 2.68. The van der Waals surface area contributed by atoms with Crippen molar-refractivity contribution in [3.63, 3.8) is 0 Å². The molecule has 2 aliphatic rings. The Morgan fingerprint density at radius 2 is 1.88 bits per heavy atom. The molecule has 0 aromatic heterocycles. The third-order valence-electron chi connectivity index (χ3n) is 5.41. The van der Waals surface area contributed by atoms with E-state index in [4.69, 9.17) is 5.73 Å². The van der Waals surface area contributed by atoms with E-state index in [2.05, 4.69) is 18.7 Å². The van der Waals surface area contributed by atoms with Crippen molar-refractivity contribution in [2.45, 2.75) is 64.3 Å². The molecule has 2 heteroatoms.